The Hall–Kier alpha value is -1.03. The van der Waals surface area contributed by atoms with E-state index in [1.807, 2.05) is 24.3 Å². The molecule has 3 N–H and O–H groups in total. The zero-order valence-electron chi connectivity index (χ0n) is 12.9. The number of primary amides is 1. The number of anilines is 1. The van der Waals surface area contributed by atoms with E-state index in [-0.39, 0.29) is 11.9 Å². The molecule has 118 valence electrons. The van der Waals surface area contributed by atoms with Gasteiger partial charge >= 0.3 is 0 Å². The first-order valence-electron chi connectivity index (χ1n) is 7.95. The van der Waals surface area contributed by atoms with Crippen LogP contribution in [0.5, 0.6) is 0 Å². The largest absolute Gasteiger partial charge is 0.374 e. The summed E-state index contributed by atoms with van der Waals surface area (Å²) in [6, 6.07) is 7.53. The molecule has 1 aromatic rings. The predicted molar refractivity (Wildman–Crippen MR) is 93.4 cm³/mol. The third-order valence-corrected chi connectivity index (χ3v) is 4.15. The number of hydrogen-bond donors (Lipinski definition) is 2. The highest BCUT2D eigenvalue weighted by Gasteiger charge is 2.14. The lowest BCUT2D eigenvalue weighted by Crippen LogP contribution is -2.35. The maximum absolute atomic E-state index is 11.5. The molecule has 3 nitrogen and oxygen atoms in total. The average Bonchev–Trinajstić information content (AvgIpc) is 2.47. The highest BCUT2D eigenvalue weighted by atomic mass is 79.9. The van der Waals surface area contributed by atoms with Crippen molar-refractivity contribution in [2.24, 2.45) is 5.73 Å². The van der Waals surface area contributed by atoms with Crippen molar-refractivity contribution in [2.45, 2.75) is 64.3 Å². The van der Waals surface area contributed by atoms with E-state index in [1.165, 1.54) is 38.5 Å². The Labute approximate surface area is 136 Å². The summed E-state index contributed by atoms with van der Waals surface area (Å²) in [6.07, 6.45) is 9.51. The molecule has 1 aromatic carbocycles. The number of rotatable bonds is 11. The number of halogens is 1. The van der Waals surface area contributed by atoms with Crippen LogP contribution in [0.25, 0.3) is 0 Å². The smallest absolute Gasteiger partial charge is 0.239 e. The molecule has 1 atom stereocenters. The van der Waals surface area contributed by atoms with Crippen molar-refractivity contribution in [3.63, 3.8) is 0 Å². The summed E-state index contributed by atoms with van der Waals surface area (Å²) in [5, 5.41) is 3.22. The van der Waals surface area contributed by atoms with Gasteiger partial charge in [0, 0.05) is 10.2 Å². The van der Waals surface area contributed by atoms with Crippen LogP contribution >= 0.6 is 15.9 Å². The summed E-state index contributed by atoms with van der Waals surface area (Å²) in [6.45, 7) is 2.23. The molecule has 0 saturated heterocycles. The van der Waals surface area contributed by atoms with Gasteiger partial charge < -0.3 is 11.1 Å². The van der Waals surface area contributed by atoms with Crippen LogP contribution in [0.2, 0.25) is 0 Å². The molecule has 0 aliphatic heterocycles. The van der Waals surface area contributed by atoms with Gasteiger partial charge in [0.15, 0.2) is 0 Å². The molecule has 1 rings (SSSR count). The lowest BCUT2D eigenvalue weighted by Gasteiger charge is -2.16. The standard InChI is InChI=1S/C17H27BrN2O/c1-2-3-4-5-6-7-8-9-16(17(19)21)20-15-12-10-14(18)11-13-15/h10-13,16,20H,2-9H2,1H3,(H2,19,21). The predicted octanol–water partition coefficient (Wildman–Crippen LogP) is 4.86. The molecule has 0 heterocycles. The second-order valence-electron chi connectivity index (χ2n) is 5.52. The Morgan fingerprint density at radius 2 is 1.67 bits per heavy atom. The quantitative estimate of drug-likeness (QED) is 0.557. The van der Waals surface area contributed by atoms with Crippen LogP contribution in [0.15, 0.2) is 28.7 Å². The van der Waals surface area contributed by atoms with Gasteiger partial charge in [-0.3, -0.25) is 4.79 Å². The Kier molecular flexibility index (Phi) is 9.15. The van der Waals surface area contributed by atoms with Crippen molar-refractivity contribution < 1.29 is 4.79 Å². The lowest BCUT2D eigenvalue weighted by atomic mass is 10.0. The molecule has 1 unspecified atom stereocenters. The fourth-order valence-electron chi connectivity index (χ4n) is 2.34. The van der Waals surface area contributed by atoms with Gasteiger partial charge in [-0.15, -0.1) is 0 Å². The highest BCUT2D eigenvalue weighted by Crippen LogP contribution is 2.17. The van der Waals surface area contributed by atoms with E-state index in [0.29, 0.717) is 0 Å². The van der Waals surface area contributed by atoms with Crippen LogP contribution in [-0.4, -0.2) is 11.9 Å². The summed E-state index contributed by atoms with van der Waals surface area (Å²) >= 11 is 3.40. The average molecular weight is 355 g/mol. The first-order valence-corrected chi connectivity index (χ1v) is 8.74. The number of benzene rings is 1. The molecule has 0 fully saturated rings. The van der Waals surface area contributed by atoms with E-state index in [2.05, 4.69) is 28.2 Å². The summed E-state index contributed by atoms with van der Waals surface area (Å²) in [5.41, 5.74) is 6.42. The number of nitrogens with one attached hydrogen (secondary N) is 1. The summed E-state index contributed by atoms with van der Waals surface area (Å²) in [4.78, 5) is 11.5. The fourth-order valence-corrected chi connectivity index (χ4v) is 2.60. The second-order valence-corrected chi connectivity index (χ2v) is 6.43. The van der Waals surface area contributed by atoms with E-state index in [1.54, 1.807) is 0 Å². The van der Waals surface area contributed by atoms with Crippen molar-refractivity contribution in [1.82, 2.24) is 0 Å². The van der Waals surface area contributed by atoms with Gasteiger partial charge in [-0.1, -0.05) is 67.8 Å². The van der Waals surface area contributed by atoms with Gasteiger partial charge in [0.1, 0.15) is 6.04 Å². The first-order chi connectivity index (χ1) is 10.1. The van der Waals surface area contributed by atoms with Gasteiger partial charge in [-0.25, -0.2) is 0 Å². The third kappa shape index (κ3) is 8.10. The van der Waals surface area contributed by atoms with Gasteiger partial charge in [0.25, 0.3) is 0 Å². The van der Waals surface area contributed by atoms with E-state index >= 15 is 0 Å². The zero-order chi connectivity index (χ0) is 15.5. The molecule has 0 aliphatic carbocycles. The number of carbonyl (C=O) groups excluding carboxylic acids is 1. The second kappa shape index (κ2) is 10.7. The van der Waals surface area contributed by atoms with Crippen LogP contribution in [0.1, 0.15) is 58.3 Å². The van der Waals surface area contributed by atoms with Crippen LogP contribution in [0.3, 0.4) is 0 Å². The number of hydrogen-bond acceptors (Lipinski definition) is 2. The van der Waals surface area contributed by atoms with Crippen molar-refractivity contribution in [3.05, 3.63) is 28.7 Å². The van der Waals surface area contributed by atoms with Gasteiger partial charge in [0.05, 0.1) is 0 Å². The molecular weight excluding hydrogens is 328 g/mol. The SMILES string of the molecule is CCCCCCCCCC(Nc1ccc(Br)cc1)C(N)=O. The third-order valence-electron chi connectivity index (χ3n) is 3.62. The molecule has 0 aliphatic rings. The van der Waals surface area contributed by atoms with Gasteiger partial charge in [-0.05, 0) is 30.7 Å². The molecule has 4 heteroatoms. The topological polar surface area (TPSA) is 55.1 Å². The Bertz CT molecular complexity index is 406. The minimum Gasteiger partial charge on any atom is -0.374 e. The monoisotopic (exact) mass is 354 g/mol. The van der Waals surface area contributed by atoms with Crippen molar-refractivity contribution >= 4 is 27.5 Å². The Balaban J connectivity index is 2.27. The maximum Gasteiger partial charge on any atom is 0.239 e. The van der Waals surface area contributed by atoms with Gasteiger partial charge in [0.2, 0.25) is 5.91 Å². The molecule has 0 aromatic heterocycles. The molecule has 1 amide bonds. The highest BCUT2D eigenvalue weighted by molar-refractivity contribution is 9.10. The molecule has 0 saturated carbocycles. The van der Waals surface area contributed by atoms with Crippen LogP contribution in [0, 0.1) is 0 Å². The van der Waals surface area contributed by atoms with Crippen LogP contribution < -0.4 is 11.1 Å². The fraction of sp³-hybridized carbons (Fsp3) is 0.588. The van der Waals surface area contributed by atoms with Crippen LogP contribution in [-0.2, 0) is 4.79 Å². The first kappa shape index (κ1) is 18.0. The zero-order valence-corrected chi connectivity index (χ0v) is 14.5. The molecule has 0 bridgehead atoms. The van der Waals surface area contributed by atoms with Crippen LogP contribution in [0.4, 0.5) is 5.69 Å². The van der Waals surface area contributed by atoms with Gasteiger partial charge in [-0.2, -0.15) is 0 Å². The minimum atomic E-state index is -0.276. The molecule has 0 radical (unpaired) electrons. The van der Waals surface area contributed by atoms with E-state index in [4.69, 9.17) is 5.73 Å². The number of nitrogens with two attached hydrogens (primary N) is 1. The van der Waals surface area contributed by atoms with E-state index in [9.17, 15) is 4.79 Å². The number of unbranched alkanes of at least 4 members (excludes halogenated alkanes) is 6. The molecular formula is C17H27BrN2O. The molecule has 21 heavy (non-hydrogen) atoms. The number of amides is 1. The summed E-state index contributed by atoms with van der Waals surface area (Å²) < 4.78 is 1.02. The minimum absolute atomic E-state index is 0.274. The maximum atomic E-state index is 11.5. The lowest BCUT2D eigenvalue weighted by molar-refractivity contribution is -0.118. The van der Waals surface area contributed by atoms with Crippen molar-refractivity contribution in [2.75, 3.05) is 5.32 Å². The van der Waals surface area contributed by atoms with Crippen molar-refractivity contribution in [3.8, 4) is 0 Å². The Morgan fingerprint density at radius 1 is 1.10 bits per heavy atom. The van der Waals surface area contributed by atoms with Crippen molar-refractivity contribution in [1.29, 1.82) is 0 Å². The number of carbonyl (C=O) groups is 1. The summed E-state index contributed by atoms with van der Waals surface area (Å²) in [7, 11) is 0. The Morgan fingerprint density at radius 3 is 2.24 bits per heavy atom. The van der Waals surface area contributed by atoms with E-state index in [0.717, 1.165) is 23.0 Å². The summed E-state index contributed by atoms with van der Waals surface area (Å²) in [5.74, 6) is -0.274. The normalized spacial score (nSPS) is 12.1. The van der Waals surface area contributed by atoms with E-state index < -0.39 is 0 Å². The molecule has 0 spiro atoms.